The Bertz CT molecular complexity index is 1280. The van der Waals surface area contributed by atoms with Crippen molar-refractivity contribution in [3.05, 3.63) is 61.3 Å². The van der Waals surface area contributed by atoms with Crippen LogP contribution in [0.15, 0.2) is 41.0 Å². The molecule has 0 saturated heterocycles. The second kappa shape index (κ2) is 11.0. The molecule has 0 spiro atoms. The molecular weight excluding hydrogens is 597 g/mol. The van der Waals surface area contributed by atoms with Gasteiger partial charge < -0.3 is 15.3 Å². The third kappa shape index (κ3) is 6.85. The van der Waals surface area contributed by atoms with E-state index in [0.717, 1.165) is 22.3 Å². The van der Waals surface area contributed by atoms with E-state index in [9.17, 15) is 27.9 Å². The summed E-state index contributed by atoms with van der Waals surface area (Å²) in [5, 5.41) is 16.6. The number of carbonyl (C=O) groups excluding carboxylic acids is 1. The highest BCUT2D eigenvalue weighted by atomic mass is 79.9. The summed E-state index contributed by atoms with van der Waals surface area (Å²) in [5.41, 5.74) is -0.535. The van der Waals surface area contributed by atoms with Gasteiger partial charge in [-0.15, -0.1) is 11.3 Å². The lowest BCUT2D eigenvalue weighted by Crippen LogP contribution is -2.53. The van der Waals surface area contributed by atoms with Gasteiger partial charge in [-0.3, -0.25) is 9.48 Å². The zero-order valence-electron chi connectivity index (χ0n) is 20.4. The third-order valence-electron chi connectivity index (χ3n) is 5.63. The first-order chi connectivity index (χ1) is 17.1. The number of thiophene rings is 1. The first-order valence-corrected chi connectivity index (χ1v) is 13.0. The van der Waals surface area contributed by atoms with Crippen molar-refractivity contribution in [1.29, 1.82) is 0 Å². The number of hydrogen-bond donors (Lipinski definition) is 2. The number of carbonyl (C=O) groups is 2. The molecule has 1 atom stereocenters. The van der Waals surface area contributed by atoms with Crippen LogP contribution >= 0.6 is 38.9 Å². The number of aromatic nitrogens is 2. The summed E-state index contributed by atoms with van der Waals surface area (Å²) in [4.78, 5) is 26.5. The smallest absolute Gasteiger partial charge is 0.416 e. The highest BCUT2D eigenvalue weighted by Crippen LogP contribution is 2.39. The number of benzene rings is 1. The molecule has 0 aliphatic heterocycles. The number of nitrogens with zero attached hydrogens (tertiary/aromatic N) is 3. The van der Waals surface area contributed by atoms with Gasteiger partial charge >= 0.3 is 12.3 Å². The molecule has 2 amide bonds. The molecule has 1 aromatic carbocycles. The molecule has 0 bridgehead atoms. The van der Waals surface area contributed by atoms with Crippen molar-refractivity contribution in [2.75, 3.05) is 6.54 Å². The molecule has 13 heteroatoms. The molecule has 0 fully saturated rings. The van der Waals surface area contributed by atoms with Crippen LogP contribution in [0.1, 0.15) is 41.6 Å². The van der Waals surface area contributed by atoms with Gasteiger partial charge in [0.25, 0.3) is 5.91 Å². The molecule has 3 rings (SSSR count). The van der Waals surface area contributed by atoms with Gasteiger partial charge in [0, 0.05) is 24.7 Å². The molecule has 7 nitrogen and oxygen atoms in total. The molecular formula is C24H25BrClF3N4O3S. The lowest BCUT2D eigenvalue weighted by Gasteiger charge is -2.36. The van der Waals surface area contributed by atoms with Crippen molar-refractivity contribution in [3.63, 3.8) is 0 Å². The minimum atomic E-state index is -4.60. The largest absolute Gasteiger partial charge is 0.465 e. The summed E-state index contributed by atoms with van der Waals surface area (Å²) in [6.45, 7) is 4.78. The van der Waals surface area contributed by atoms with Gasteiger partial charge in [0.05, 0.1) is 32.8 Å². The van der Waals surface area contributed by atoms with Crippen molar-refractivity contribution < 1.29 is 27.9 Å². The molecule has 2 N–H and O–H groups in total. The van der Waals surface area contributed by atoms with Crippen LogP contribution in [0.25, 0.3) is 11.3 Å². The maximum absolute atomic E-state index is 13.6. The standard InChI is InChI=1S/C24H25BrClF3N4O3S/c1-23(2,3)33(22(35)36)12-14(9-13-7-5-6-8-16(13)24(27,28)29)31-21(34)18-10-15(20(26)37-18)19-17(25)11-30-32(19)4/h5-8,10-11,14H,9,12H2,1-4H3,(H,31,34)(H,35,36)/t14-/m0/s1. The monoisotopic (exact) mass is 620 g/mol. The van der Waals surface area contributed by atoms with Crippen LogP contribution in [0, 0.1) is 0 Å². The number of hydrogen-bond acceptors (Lipinski definition) is 4. The Kier molecular flexibility index (Phi) is 8.65. The normalized spacial score (nSPS) is 12.9. The van der Waals surface area contributed by atoms with Gasteiger partial charge in [-0.1, -0.05) is 29.8 Å². The second-order valence-corrected chi connectivity index (χ2v) is 11.9. The molecule has 0 aliphatic rings. The van der Waals surface area contributed by atoms with Crippen LogP contribution in [0.4, 0.5) is 18.0 Å². The van der Waals surface area contributed by atoms with Crippen LogP contribution in [0.3, 0.4) is 0 Å². The summed E-state index contributed by atoms with van der Waals surface area (Å²) in [5.74, 6) is -0.579. The fraction of sp³-hybridized carbons (Fsp3) is 0.375. The minimum absolute atomic E-state index is 0.0525. The predicted octanol–water partition coefficient (Wildman–Crippen LogP) is 6.70. The maximum Gasteiger partial charge on any atom is 0.416 e. The van der Waals surface area contributed by atoms with E-state index in [1.54, 1.807) is 44.8 Å². The topological polar surface area (TPSA) is 87.5 Å². The molecule has 2 heterocycles. The summed E-state index contributed by atoms with van der Waals surface area (Å²) < 4.78 is 43.5. The van der Waals surface area contributed by atoms with Crippen LogP contribution in [0.2, 0.25) is 4.34 Å². The van der Waals surface area contributed by atoms with E-state index in [2.05, 4.69) is 26.3 Å². The second-order valence-electron chi connectivity index (χ2n) is 9.36. The number of amides is 2. The minimum Gasteiger partial charge on any atom is -0.465 e. The number of halogens is 5. The highest BCUT2D eigenvalue weighted by molar-refractivity contribution is 9.10. The molecule has 2 aromatic heterocycles. The average molecular weight is 622 g/mol. The van der Waals surface area contributed by atoms with Crippen molar-refractivity contribution in [1.82, 2.24) is 20.0 Å². The average Bonchev–Trinajstić information content (AvgIpc) is 3.31. The van der Waals surface area contributed by atoms with E-state index in [4.69, 9.17) is 11.6 Å². The lowest BCUT2D eigenvalue weighted by molar-refractivity contribution is -0.138. The first kappa shape index (κ1) is 29.0. The number of alkyl halides is 3. The molecule has 200 valence electrons. The van der Waals surface area contributed by atoms with Gasteiger partial charge in [-0.2, -0.15) is 18.3 Å². The van der Waals surface area contributed by atoms with Gasteiger partial charge in [-0.25, -0.2) is 4.79 Å². The van der Waals surface area contributed by atoms with Gasteiger partial charge in [0.2, 0.25) is 0 Å². The number of carboxylic acid groups (broad SMARTS) is 1. The van der Waals surface area contributed by atoms with E-state index in [-0.39, 0.29) is 23.4 Å². The Labute approximate surface area is 229 Å². The zero-order chi connectivity index (χ0) is 27.7. The van der Waals surface area contributed by atoms with Gasteiger partial charge in [0.1, 0.15) is 4.34 Å². The van der Waals surface area contributed by atoms with E-state index in [0.29, 0.717) is 20.1 Å². The number of aryl methyl sites for hydroxylation is 1. The van der Waals surface area contributed by atoms with Crippen LogP contribution < -0.4 is 5.32 Å². The molecule has 0 saturated carbocycles. The Morgan fingerprint density at radius 2 is 1.92 bits per heavy atom. The quantitative estimate of drug-likeness (QED) is 0.307. The molecule has 0 radical (unpaired) electrons. The Hall–Kier alpha value is -2.57. The third-order valence-corrected chi connectivity index (χ3v) is 7.57. The van der Waals surface area contributed by atoms with E-state index in [1.165, 1.54) is 18.2 Å². The molecule has 0 aliphatic carbocycles. The summed E-state index contributed by atoms with van der Waals surface area (Å²) >= 11 is 10.8. The summed E-state index contributed by atoms with van der Waals surface area (Å²) in [6.07, 6.45) is -4.50. The van der Waals surface area contributed by atoms with E-state index >= 15 is 0 Å². The molecule has 37 heavy (non-hydrogen) atoms. The van der Waals surface area contributed by atoms with Crippen molar-refractivity contribution in [2.45, 2.75) is 44.9 Å². The number of rotatable bonds is 7. The highest BCUT2D eigenvalue weighted by Gasteiger charge is 2.35. The predicted molar refractivity (Wildman–Crippen MR) is 140 cm³/mol. The Morgan fingerprint density at radius 1 is 1.27 bits per heavy atom. The molecule has 3 aromatic rings. The maximum atomic E-state index is 13.6. The van der Waals surface area contributed by atoms with Crippen molar-refractivity contribution in [2.24, 2.45) is 7.05 Å². The van der Waals surface area contributed by atoms with E-state index < -0.39 is 35.3 Å². The number of nitrogens with one attached hydrogen (secondary N) is 1. The van der Waals surface area contributed by atoms with Crippen LogP contribution in [-0.4, -0.2) is 49.9 Å². The zero-order valence-corrected chi connectivity index (χ0v) is 23.5. The van der Waals surface area contributed by atoms with Crippen molar-refractivity contribution in [3.8, 4) is 11.3 Å². The fourth-order valence-electron chi connectivity index (χ4n) is 3.87. The summed E-state index contributed by atoms with van der Waals surface area (Å²) in [7, 11) is 1.72. The van der Waals surface area contributed by atoms with Gasteiger partial charge in [0.15, 0.2) is 0 Å². The SMILES string of the molecule is Cn1ncc(Br)c1-c1cc(C(=O)N[C@@H](Cc2ccccc2C(F)(F)F)CN(C(=O)O)C(C)(C)C)sc1Cl. The Balaban J connectivity index is 1.96. The van der Waals surface area contributed by atoms with Crippen LogP contribution in [-0.2, 0) is 19.6 Å². The molecule has 0 unspecified atom stereocenters. The Morgan fingerprint density at radius 3 is 2.46 bits per heavy atom. The van der Waals surface area contributed by atoms with Crippen LogP contribution in [0.5, 0.6) is 0 Å². The van der Waals surface area contributed by atoms with Crippen molar-refractivity contribution >= 4 is 50.9 Å². The first-order valence-electron chi connectivity index (χ1n) is 11.0. The van der Waals surface area contributed by atoms with Gasteiger partial charge in [-0.05, 0) is 60.8 Å². The van der Waals surface area contributed by atoms with E-state index in [1.807, 2.05) is 0 Å². The lowest BCUT2D eigenvalue weighted by atomic mass is 9.97. The fourth-order valence-corrected chi connectivity index (χ4v) is 5.62. The summed E-state index contributed by atoms with van der Waals surface area (Å²) in [6, 6.07) is 5.65.